The molecule has 4 rings (SSSR count). The van der Waals surface area contributed by atoms with E-state index in [0.29, 0.717) is 29.1 Å². The molecule has 8 nitrogen and oxygen atoms in total. The Hall–Kier alpha value is -3.75. The molecule has 3 aromatic heterocycles. The Balaban J connectivity index is 1.45. The number of nitrogens with two attached hydrogens (primary N) is 1. The van der Waals surface area contributed by atoms with Crippen molar-refractivity contribution in [2.75, 3.05) is 31.3 Å². The lowest BCUT2D eigenvalue weighted by atomic mass is 10.1. The molecule has 3 N–H and O–H groups in total. The number of hydrogen-bond acceptors (Lipinski definition) is 6. The summed E-state index contributed by atoms with van der Waals surface area (Å²) in [6.07, 6.45) is 6.30. The molecule has 184 valence electrons. The van der Waals surface area contributed by atoms with Crippen molar-refractivity contribution in [1.82, 2.24) is 24.8 Å². The quantitative estimate of drug-likeness (QED) is 0.330. The predicted octanol–water partition coefficient (Wildman–Crippen LogP) is 4.32. The van der Waals surface area contributed by atoms with Gasteiger partial charge >= 0.3 is 0 Å². The summed E-state index contributed by atoms with van der Waals surface area (Å²) in [7, 11) is 3.53. The number of carbonyl (C=O) groups excluding carboxylic acids is 1. The van der Waals surface area contributed by atoms with Gasteiger partial charge in [0, 0.05) is 45.4 Å². The Morgan fingerprint density at radius 1 is 1.14 bits per heavy atom. The van der Waals surface area contributed by atoms with Gasteiger partial charge in [-0.3, -0.25) is 9.78 Å². The van der Waals surface area contributed by atoms with E-state index in [1.807, 2.05) is 12.1 Å². The highest BCUT2D eigenvalue weighted by atomic mass is 19.1. The number of anilines is 2. The Morgan fingerprint density at radius 2 is 1.97 bits per heavy atom. The number of aromatic nitrogens is 4. The van der Waals surface area contributed by atoms with Gasteiger partial charge in [0.15, 0.2) is 5.82 Å². The third-order valence-electron chi connectivity index (χ3n) is 6.08. The van der Waals surface area contributed by atoms with E-state index in [4.69, 9.17) is 10.7 Å². The molecule has 0 bridgehead atoms. The molecule has 0 radical (unpaired) electrons. The number of carbonyl (C=O) groups is 1. The van der Waals surface area contributed by atoms with Gasteiger partial charge in [-0.2, -0.15) is 0 Å². The van der Waals surface area contributed by atoms with Crippen molar-refractivity contribution in [3.63, 3.8) is 0 Å². The number of unbranched alkanes of at least 4 members (excludes halogenated alkanes) is 2. The second-order valence-electron chi connectivity index (χ2n) is 8.87. The Bertz CT molecular complexity index is 1350. The van der Waals surface area contributed by atoms with Crippen LogP contribution in [0.3, 0.4) is 0 Å². The number of imidazole rings is 1. The van der Waals surface area contributed by atoms with Gasteiger partial charge in [0.2, 0.25) is 0 Å². The second kappa shape index (κ2) is 10.7. The van der Waals surface area contributed by atoms with E-state index in [0.717, 1.165) is 61.0 Å². The van der Waals surface area contributed by atoms with Crippen LogP contribution in [0.4, 0.5) is 15.9 Å². The summed E-state index contributed by atoms with van der Waals surface area (Å²) in [5.41, 5.74) is 10.2. The topological polar surface area (TPSA) is 102 Å². The highest BCUT2D eigenvalue weighted by Crippen LogP contribution is 2.28. The molecular weight excluding hydrogens is 445 g/mol. The van der Waals surface area contributed by atoms with E-state index in [2.05, 4.69) is 26.8 Å². The molecule has 0 saturated heterocycles. The molecule has 0 aliphatic rings. The number of hydrogen-bond donors (Lipinski definition) is 2. The molecule has 0 saturated carbocycles. The first kappa shape index (κ1) is 24.4. The van der Waals surface area contributed by atoms with Crippen molar-refractivity contribution in [2.45, 2.75) is 45.6 Å². The molecular formula is C26H32FN7O. The van der Waals surface area contributed by atoms with Crippen LogP contribution in [0.2, 0.25) is 0 Å². The maximum absolute atomic E-state index is 14.2. The van der Waals surface area contributed by atoms with E-state index < -0.39 is 5.82 Å². The fraction of sp³-hybridized carbons (Fsp3) is 0.385. The van der Waals surface area contributed by atoms with Gasteiger partial charge in [-0.1, -0.05) is 13.3 Å². The summed E-state index contributed by atoms with van der Waals surface area (Å²) >= 11 is 0. The number of fused-ring (bicyclic) bond motifs is 3. The molecule has 35 heavy (non-hydrogen) atoms. The number of aryl methyl sites for hydroxylation is 2. The number of pyridine rings is 2. The van der Waals surface area contributed by atoms with Gasteiger partial charge in [-0.25, -0.2) is 14.4 Å². The average Bonchev–Trinajstić information content (AvgIpc) is 3.21. The van der Waals surface area contributed by atoms with Crippen LogP contribution >= 0.6 is 0 Å². The van der Waals surface area contributed by atoms with Crippen molar-refractivity contribution < 1.29 is 9.18 Å². The maximum Gasteiger partial charge on any atom is 0.251 e. The molecule has 1 aromatic carbocycles. The van der Waals surface area contributed by atoms with Gasteiger partial charge in [0.05, 0.1) is 11.2 Å². The average molecular weight is 478 g/mol. The number of benzene rings is 1. The summed E-state index contributed by atoms with van der Waals surface area (Å²) in [5, 5.41) is 2.89. The SMILES string of the molecule is CCCCc1nc2c(N)nc3cccnc3c2n1CCCCNC(=O)c1ccc(N(C)C)c(F)c1. The summed E-state index contributed by atoms with van der Waals surface area (Å²) in [4.78, 5) is 28.0. The Kier molecular flexibility index (Phi) is 7.43. The minimum atomic E-state index is -0.413. The molecule has 4 aromatic rings. The predicted molar refractivity (Wildman–Crippen MR) is 138 cm³/mol. The number of amides is 1. The first-order valence-electron chi connectivity index (χ1n) is 12.0. The number of halogens is 1. The molecule has 0 aliphatic heterocycles. The highest BCUT2D eigenvalue weighted by molar-refractivity contribution is 6.04. The van der Waals surface area contributed by atoms with Crippen LogP contribution in [-0.4, -0.2) is 46.1 Å². The maximum atomic E-state index is 14.2. The summed E-state index contributed by atoms with van der Waals surface area (Å²) in [5.74, 6) is 0.703. The minimum absolute atomic E-state index is 0.278. The fourth-order valence-electron chi connectivity index (χ4n) is 4.25. The number of nitrogens with one attached hydrogen (secondary N) is 1. The van der Waals surface area contributed by atoms with Crippen LogP contribution in [0.25, 0.3) is 22.1 Å². The first-order valence-corrected chi connectivity index (χ1v) is 12.0. The largest absolute Gasteiger partial charge is 0.382 e. The molecule has 0 unspecified atom stereocenters. The zero-order valence-electron chi connectivity index (χ0n) is 20.5. The van der Waals surface area contributed by atoms with Crippen LogP contribution in [0, 0.1) is 5.82 Å². The normalized spacial score (nSPS) is 11.3. The summed E-state index contributed by atoms with van der Waals surface area (Å²) in [6.45, 7) is 3.38. The first-order chi connectivity index (χ1) is 16.9. The van der Waals surface area contributed by atoms with E-state index in [-0.39, 0.29) is 5.91 Å². The molecule has 3 heterocycles. The highest BCUT2D eigenvalue weighted by Gasteiger charge is 2.18. The van der Waals surface area contributed by atoms with Crippen LogP contribution in [-0.2, 0) is 13.0 Å². The fourth-order valence-corrected chi connectivity index (χ4v) is 4.25. The summed E-state index contributed by atoms with van der Waals surface area (Å²) in [6, 6.07) is 8.29. The molecule has 0 fully saturated rings. The zero-order chi connectivity index (χ0) is 24.9. The molecule has 0 atom stereocenters. The Labute approximate surface area is 204 Å². The van der Waals surface area contributed by atoms with Crippen molar-refractivity contribution >= 4 is 39.5 Å². The van der Waals surface area contributed by atoms with Crippen molar-refractivity contribution in [2.24, 2.45) is 0 Å². The lowest BCUT2D eigenvalue weighted by Crippen LogP contribution is -2.25. The van der Waals surface area contributed by atoms with Crippen molar-refractivity contribution in [3.05, 3.63) is 53.7 Å². The molecule has 0 aliphatic carbocycles. The van der Waals surface area contributed by atoms with Crippen molar-refractivity contribution in [1.29, 1.82) is 0 Å². The third-order valence-corrected chi connectivity index (χ3v) is 6.08. The van der Waals surface area contributed by atoms with E-state index >= 15 is 0 Å². The second-order valence-corrected chi connectivity index (χ2v) is 8.87. The molecule has 0 spiro atoms. The number of nitrogen functional groups attached to an aromatic ring is 1. The third kappa shape index (κ3) is 5.18. The number of rotatable bonds is 10. The van der Waals surface area contributed by atoms with Crippen LogP contribution in [0.15, 0.2) is 36.5 Å². The minimum Gasteiger partial charge on any atom is -0.382 e. The van der Waals surface area contributed by atoms with Crippen LogP contribution in [0.5, 0.6) is 0 Å². The summed E-state index contributed by atoms with van der Waals surface area (Å²) < 4.78 is 16.4. The van der Waals surface area contributed by atoms with Gasteiger partial charge in [-0.15, -0.1) is 0 Å². The van der Waals surface area contributed by atoms with Crippen LogP contribution < -0.4 is 16.0 Å². The lowest BCUT2D eigenvalue weighted by molar-refractivity contribution is 0.0952. The van der Waals surface area contributed by atoms with E-state index in [1.165, 1.54) is 6.07 Å². The Morgan fingerprint density at radius 3 is 2.71 bits per heavy atom. The van der Waals surface area contributed by atoms with Gasteiger partial charge in [0.25, 0.3) is 5.91 Å². The number of nitrogens with zero attached hydrogens (tertiary/aromatic N) is 5. The zero-order valence-corrected chi connectivity index (χ0v) is 20.5. The van der Waals surface area contributed by atoms with Gasteiger partial charge in [-0.05, 0) is 49.6 Å². The monoisotopic (exact) mass is 477 g/mol. The smallest absolute Gasteiger partial charge is 0.251 e. The lowest BCUT2D eigenvalue weighted by Gasteiger charge is -2.14. The molecule has 1 amide bonds. The van der Waals surface area contributed by atoms with Crippen molar-refractivity contribution in [3.8, 4) is 0 Å². The molecule has 9 heteroatoms. The van der Waals surface area contributed by atoms with E-state index in [9.17, 15) is 9.18 Å². The van der Waals surface area contributed by atoms with Crippen LogP contribution in [0.1, 0.15) is 48.8 Å². The van der Waals surface area contributed by atoms with Gasteiger partial charge < -0.3 is 20.5 Å². The standard InChI is InChI=1S/C26H32FN7O/c1-4-5-10-21-32-23-24(22-19(31-25(23)28)9-8-14-29-22)34(21)15-7-6-13-30-26(35)17-11-12-20(33(2)3)18(27)16-17/h8-9,11-12,14,16H,4-7,10,13,15H2,1-3H3,(H2,28,31)(H,30,35). The van der Waals surface area contributed by atoms with E-state index in [1.54, 1.807) is 37.3 Å². The van der Waals surface area contributed by atoms with Gasteiger partial charge in [0.1, 0.15) is 28.2 Å².